The molecule has 0 fully saturated rings. The maximum absolute atomic E-state index is 11.9. The molecule has 0 spiro atoms. The lowest BCUT2D eigenvalue weighted by Crippen LogP contribution is -2.18. The summed E-state index contributed by atoms with van der Waals surface area (Å²) in [6.45, 7) is 1.99. The molecule has 2 N–H and O–H groups in total. The zero-order valence-electron chi connectivity index (χ0n) is 20.3. The molecule has 7 nitrogen and oxygen atoms in total. The first-order valence-electron chi connectivity index (χ1n) is 11.5. The molecule has 1 aromatic heterocycles. The van der Waals surface area contributed by atoms with Crippen LogP contribution in [-0.2, 0) is 7.05 Å². The van der Waals surface area contributed by atoms with E-state index in [0.29, 0.717) is 22.7 Å². The van der Waals surface area contributed by atoms with E-state index in [1.165, 1.54) is 10.6 Å². The number of benzene rings is 3. The van der Waals surface area contributed by atoms with Crippen molar-refractivity contribution in [2.75, 3.05) is 0 Å². The number of carboxylic acid groups (broad SMARTS) is 1. The number of rotatable bonds is 7. The molecule has 0 aliphatic rings. The zero-order chi connectivity index (χ0) is 26.5. The second-order valence-electron chi connectivity index (χ2n) is 8.69. The molecule has 0 amide bonds. The van der Waals surface area contributed by atoms with Gasteiger partial charge in [-0.2, -0.15) is 0 Å². The molecule has 0 bridgehead atoms. The van der Waals surface area contributed by atoms with Gasteiger partial charge in [0.1, 0.15) is 5.75 Å². The van der Waals surface area contributed by atoms with Gasteiger partial charge in [0, 0.05) is 42.2 Å². The Morgan fingerprint density at radius 2 is 1.65 bits per heavy atom. The molecule has 1 unspecified atom stereocenters. The summed E-state index contributed by atoms with van der Waals surface area (Å²) in [6.07, 6.45) is 0.686. The van der Waals surface area contributed by atoms with Gasteiger partial charge in [0.05, 0.1) is 5.71 Å². The number of aryl methyl sites for hydroxylation is 2. The maximum atomic E-state index is 11.9. The van der Waals surface area contributed by atoms with Crippen molar-refractivity contribution in [3.05, 3.63) is 123 Å². The number of carbonyl (C=O) groups is 1. The van der Waals surface area contributed by atoms with Gasteiger partial charge in [-0.25, -0.2) is 4.79 Å². The number of hydrogen-bond donors (Lipinski definition) is 2. The van der Waals surface area contributed by atoms with E-state index < -0.39 is 6.16 Å². The van der Waals surface area contributed by atoms with E-state index in [-0.39, 0.29) is 17.2 Å². The molecule has 0 radical (unpaired) electrons. The fraction of sp³-hybridized carbons (Fsp3) is 0.138. The van der Waals surface area contributed by atoms with Crippen LogP contribution in [0.25, 0.3) is 11.1 Å². The van der Waals surface area contributed by atoms with Gasteiger partial charge < -0.3 is 19.6 Å². The van der Waals surface area contributed by atoms with Crippen LogP contribution in [0.5, 0.6) is 5.75 Å². The van der Waals surface area contributed by atoms with Gasteiger partial charge in [0.2, 0.25) is 5.56 Å². The van der Waals surface area contributed by atoms with Crippen LogP contribution in [0.4, 0.5) is 4.79 Å². The van der Waals surface area contributed by atoms with E-state index >= 15 is 0 Å². The molecule has 37 heavy (non-hydrogen) atoms. The Bertz CT molecular complexity index is 1510. The van der Waals surface area contributed by atoms with Gasteiger partial charge >= 0.3 is 6.16 Å². The summed E-state index contributed by atoms with van der Waals surface area (Å²) in [5.74, 6) is 0.0983. The van der Waals surface area contributed by atoms with Crippen LogP contribution in [0.1, 0.15) is 34.6 Å². The van der Waals surface area contributed by atoms with Crippen molar-refractivity contribution in [3.8, 4) is 16.9 Å². The minimum atomic E-state index is -1.36. The number of nitrogens with zero attached hydrogens (tertiary/aromatic N) is 2. The van der Waals surface area contributed by atoms with Crippen molar-refractivity contribution in [1.82, 2.24) is 4.57 Å². The summed E-state index contributed by atoms with van der Waals surface area (Å²) in [5, 5.41) is 22.9. The van der Waals surface area contributed by atoms with Crippen LogP contribution in [0.3, 0.4) is 0 Å². The van der Waals surface area contributed by atoms with Crippen LogP contribution >= 0.6 is 11.6 Å². The molecule has 188 valence electrons. The predicted molar refractivity (Wildman–Crippen MR) is 143 cm³/mol. The third-order valence-electron chi connectivity index (χ3n) is 6.25. The topological polar surface area (TPSA) is 101 Å². The van der Waals surface area contributed by atoms with Crippen LogP contribution in [0.15, 0.2) is 95.0 Å². The molecule has 0 aliphatic heterocycles. The lowest BCUT2D eigenvalue weighted by atomic mass is 9.83. The van der Waals surface area contributed by atoms with Gasteiger partial charge in [-0.3, -0.25) is 4.79 Å². The molecule has 0 saturated heterocycles. The van der Waals surface area contributed by atoms with Crippen molar-refractivity contribution in [2.45, 2.75) is 19.3 Å². The zero-order valence-corrected chi connectivity index (χ0v) is 21.0. The van der Waals surface area contributed by atoms with Gasteiger partial charge in [-0.1, -0.05) is 59.2 Å². The summed E-state index contributed by atoms with van der Waals surface area (Å²) in [6, 6.07) is 23.6. The highest BCUT2D eigenvalue weighted by molar-refractivity contribution is 6.30. The maximum Gasteiger partial charge on any atom is 0.511 e. The van der Waals surface area contributed by atoms with Gasteiger partial charge in [0.25, 0.3) is 0 Å². The molecule has 4 rings (SSSR count). The van der Waals surface area contributed by atoms with Gasteiger partial charge in [-0.05, 0) is 65.1 Å². The first-order valence-corrected chi connectivity index (χ1v) is 11.9. The summed E-state index contributed by atoms with van der Waals surface area (Å²) < 4.78 is 6.13. The fourth-order valence-electron chi connectivity index (χ4n) is 4.34. The van der Waals surface area contributed by atoms with Crippen molar-refractivity contribution in [2.24, 2.45) is 12.2 Å². The lowest BCUT2D eigenvalue weighted by molar-refractivity contribution is 0.144. The molecule has 1 heterocycles. The molecule has 4 aromatic rings. The molecular weight excluding hydrogens is 492 g/mol. The Labute approximate surface area is 218 Å². The Morgan fingerprint density at radius 1 is 1.00 bits per heavy atom. The highest BCUT2D eigenvalue weighted by Crippen LogP contribution is 2.34. The standard InChI is InChI=1S/C29H25ClN2O5/c1-18-15-23(30)10-13-25(18)26(16-27(31-36)22-9-14-28(33)32(2)17-22)21-5-3-19(4-6-21)20-7-11-24(12-8-20)37-29(34)35/h3-15,17,26,36H,16H2,1-2H3,(H,34,35)/b31-27+. The minimum Gasteiger partial charge on any atom is -0.449 e. The normalized spacial score (nSPS) is 12.2. The van der Waals surface area contributed by atoms with Crippen LogP contribution in [0, 0.1) is 6.92 Å². The summed E-state index contributed by atoms with van der Waals surface area (Å²) in [7, 11) is 1.65. The van der Waals surface area contributed by atoms with Gasteiger partial charge in [0.15, 0.2) is 0 Å². The first-order chi connectivity index (χ1) is 17.7. The second-order valence-corrected chi connectivity index (χ2v) is 9.12. The largest absolute Gasteiger partial charge is 0.511 e. The average Bonchev–Trinajstić information content (AvgIpc) is 2.87. The smallest absolute Gasteiger partial charge is 0.449 e. The third-order valence-corrected chi connectivity index (χ3v) is 6.49. The number of oxime groups is 1. The Kier molecular flexibility index (Phi) is 7.74. The molecule has 3 aromatic carbocycles. The summed E-state index contributed by atoms with van der Waals surface area (Å²) in [5.41, 5.74) is 5.87. The van der Waals surface area contributed by atoms with E-state index in [1.54, 1.807) is 43.6 Å². The number of aromatic nitrogens is 1. The Balaban J connectivity index is 1.69. The molecular formula is C29H25ClN2O5. The summed E-state index contributed by atoms with van der Waals surface area (Å²) >= 11 is 6.22. The van der Waals surface area contributed by atoms with Gasteiger partial charge in [-0.15, -0.1) is 0 Å². The Morgan fingerprint density at radius 3 is 2.22 bits per heavy atom. The van der Waals surface area contributed by atoms with Crippen LogP contribution < -0.4 is 10.3 Å². The number of ether oxygens (including phenoxy) is 1. The van der Waals surface area contributed by atoms with Crippen LogP contribution in [0.2, 0.25) is 5.02 Å². The van der Waals surface area contributed by atoms with E-state index in [0.717, 1.165) is 27.8 Å². The highest BCUT2D eigenvalue weighted by Gasteiger charge is 2.21. The predicted octanol–water partition coefficient (Wildman–Crippen LogP) is 6.47. The first kappa shape index (κ1) is 25.7. The second kappa shape index (κ2) is 11.1. The number of pyridine rings is 1. The van der Waals surface area contributed by atoms with E-state index in [1.807, 2.05) is 49.4 Å². The molecule has 0 aliphatic carbocycles. The van der Waals surface area contributed by atoms with Crippen molar-refractivity contribution in [3.63, 3.8) is 0 Å². The van der Waals surface area contributed by atoms with E-state index in [9.17, 15) is 14.8 Å². The molecule has 1 atom stereocenters. The monoisotopic (exact) mass is 516 g/mol. The van der Waals surface area contributed by atoms with E-state index in [2.05, 4.69) is 9.89 Å². The Hall–Kier alpha value is -4.36. The van der Waals surface area contributed by atoms with Crippen molar-refractivity contribution in [1.29, 1.82) is 0 Å². The van der Waals surface area contributed by atoms with Crippen molar-refractivity contribution < 1.29 is 19.8 Å². The molecule has 8 heteroatoms. The highest BCUT2D eigenvalue weighted by atomic mass is 35.5. The molecule has 0 saturated carbocycles. The van der Waals surface area contributed by atoms with E-state index in [4.69, 9.17) is 16.7 Å². The third kappa shape index (κ3) is 6.08. The van der Waals surface area contributed by atoms with Crippen LogP contribution in [-0.4, -0.2) is 26.7 Å². The number of halogens is 1. The lowest BCUT2D eigenvalue weighted by Gasteiger charge is -2.21. The quantitative estimate of drug-likeness (QED) is 0.0963. The number of hydrogen-bond acceptors (Lipinski definition) is 5. The SMILES string of the molecule is Cc1cc(Cl)ccc1C(C/C(=N\O)c1ccc(=O)n(C)c1)c1ccc(-c2ccc(OC(=O)O)cc2)cc1. The average molecular weight is 517 g/mol. The fourth-order valence-corrected chi connectivity index (χ4v) is 4.56. The van der Waals surface area contributed by atoms with Crippen molar-refractivity contribution >= 4 is 23.5 Å². The minimum absolute atomic E-state index is 0.149. The summed E-state index contributed by atoms with van der Waals surface area (Å²) in [4.78, 5) is 22.6.